The predicted molar refractivity (Wildman–Crippen MR) is 92.2 cm³/mol. The molecule has 1 aliphatic rings. The van der Waals surface area contributed by atoms with Gasteiger partial charge in [0.25, 0.3) is 5.91 Å². The van der Waals surface area contributed by atoms with E-state index in [1.54, 1.807) is 31.1 Å². The van der Waals surface area contributed by atoms with Gasteiger partial charge in [-0.3, -0.25) is 4.79 Å². The minimum atomic E-state index is -0.335. The van der Waals surface area contributed by atoms with Crippen molar-refractivity contribution in [3.8, 4) is 5.75 Å². The van der Waals surface area contributed by atoms with Crippen molar-refractivity contribution in [1.29, 1.82) is 0 Å². The zero-order chi connectivity index (χ0) is 17.1. The lowest BCUT2D eigenvalue weighted by molar-refractivity contribution is 0.0746. The third-order valence-corrected chi connectivity index (χ3v) is 4.42. The lowest BCUT2D eigenvalue weighted by atomic mass is 10.1. The largest absolute Gasteiger partial charge is 0.497 e. The van der Waals surface area contributed by atoms with E-state index in [0.29, 0.717) is 24.2 Å². The van der Waals surface area contributed by atoms with Crippen LogP contribution in [0.2, 0.25) is 0 Å². The van der Waals surface area contributed by atoms with Crippen LogP contribution in [-0.2, 0) is 0 Å². The van der Waals surface area contributed by atoms with Crippen molar-refractivity contribution in [3.05, 3.63) is 59.4 Å². The number of aryl methyl sites for hydroxylation is 1. The summed E-state index contributed by atoms with van der Waals surface area (Å²) in [5, 5.41) is 0. The molecule has 0 bridgehead atoms. The Hall–Kier alpha value is -2.56. The molecule has 4 nitrogen and oxygen atoms in total. The molecule has 1 saturated heterocycles. The van der Waals surface area contributed by atoms with Crippen LogP contribution in [0.15, 0.2) is 42.5 Å². The van der Waals surface area contributed by atoms with Crippen LogP contribution < -0.4 is 9.64 Å². The first-order valence-corrected chi connectivity index (χ1v) is 8.03. The van der Waals surface area contributed by atoms with E-state index in [2.05, 4.69) is 4.90 Å². The lowest BCUT2D eigenvalue weighted by Gasteiger charge is -2.36. The number of benzene rings is 2. The first-order valence-electron chi connectivity index (χ1n) is 8.03. The molecular weight excluding hydrogens is 307 g/mol. The van der Waals surface area contributed by atoms with Crippen molar-refractivity contribution in [2.24, 2.45) is 0 Å². The molecule has 2 aromatic rings. The van der Waals surface area contributed by atoms with Crippen molar-refractivity contribution < 1.29 is 13.9 Å². The predicted octanol–water partition coefficient (Wildman–Crippen LogP) is 3.11. The second-order valence-corrected chi connectivity index (χ2v) is 5.94. The van der Waals surface area contributed by atoms with Crippen molar-refractivity contribution in [2.75, 3.05) is 38.2 Å². The average Bonchev–Trinajstić information content (AvgIpc) is 2.63. The Kier molecular flexibility index (Phi) is 4.69. The van der Waals surface area contributed by atoms with E-state index in [9.17, 15) is 9.18 Å². The molecule has 0 atom stereocenters. The summed E-state index contributed by atoms with van der Waals surface area (Å²) in [6.07, 6.45) is 0. The van der Waals surface area contributed by atoms with E-state index < -0.39 is 0 Å². The van der Waals surface area contributed by atoms with Gasteiger partial charge in [-0.2, -0.15) is 0 Å². The summed E-state index contributed by atoms with van der Waals surface area (Å²) in [5.41, 5.74) is 2.08. The van der Waals surface area contributed by atoms with E-state index in [0.717, 1.165) is 24.5 Å². The van der Waals surface area contributed by atoms with Gasteiger partial charge in [0, 0.05) is 37.4 Å². The molecule has 0 aliphatic carbocycles. The summed E-state index contributed by atoms with van der Waals surface area (Å²) in [5.74, 6) is 0.384. The standard InChI is InChI=1S/C19H21FN2O2/c1-14-3-4-15(13-18(14)20)19(23)22-11-9-21(10-12-22)16-5-7-17(24-2)8-6-16/h3-8,13H,9-12H2,1-2H3. The number of anilines is 1. The Balaban J connectivity index is 1.63. The van der Waals surface area contributed by atoms with Crippen molar-refractivity contribution in [1.82, 2.24) is 4.90 Å². The Morgan fingerprint density at radius 1 is 1.04 bits per heavy atom. The van der Waals surface area contributed by atoms with Crippen molar-refractivity contribution in [2.45, 2.75) is 6.92 Å². The molecule has 0 saturated carbocycles. The van der Waals surface area contributed by atoms with E-state index in [4.69, 9.17) is 4.74 Å². The number of piperazine rings is 1. The van der Waals surface area contributed by atoms with Gasteiger partial charge in [0.05, 0.1) is 7.11 Å². The fourth-order valence-corrected chi connectivity index (χ4v) is 2.87. The van der Waals surface area contributed by atoms with Crippen LogP contribution in [0.4, 0.5) is 10.1 Å². The number of halogens is 1. The molecule has 5 heteroatoms. The van der Waals surface area contributed by atoms with Gasteiger partial charge in [0.15, 0.2) is 0 Å². The highest BCUT2D eigenvalue weighted by atomic mass is 19.1. The molecule has 0 unspecified atom stereocenters. The third kappa shape index (κ3) is 3.35. The number of nitrogens with zero attached hydrogens (tertiary/aromatic N) is 2. The van der Waals surface area contributed by atoms with Crippen LogP contribution in [0.25, 0.3) is 0 Å². The van der Waals surface area contributed by atoms with Crippen molar-refractivity contribution >= 4 is 11.6 Å². The monoisotopic (exact) mass is 328 g/mol. The van der Waals surface area contributed by atoms with Crippen LogP contribution >= 0.6 is 0 Å². The van der Waals surface area contributed by atoms with E-state index >= 15 is 0 Å². The number of methoxy groups -OCH3 is 1. The molecule has 0 spiro atoms. The number of ether oxygens (including phenoxy) is 1. The van der Waals surface area contributed by atoms with Gasteiger partial charge < -0.3 is 14.5 Å². The smallest absolute Gasteiger partial charge is 0.254 e. The maximum atomic E-state index is 13.7. The van der Waals surface area contributed by atoms with Gasteiger partial charge >= 0.3 is 0 Å². The molecule has 1 aliphatic heterocycles. The van der Waals surface area contributed by atoms with E-state index in [1.165, 1.54) is 6.07 Å². The number of amides is 1. The Morgan fingerprint density at radius 3 is 2.29 bits per heavy atom. The summed E-state index contributed by atoms with van der Waals surface area (Å²) in [7, 11) is 1.65. The molecule has 2 aromatic carbocycles. The average molecular weight is 328 g/mol. The van der Waals surface area contributed by atoms with E-state index in [1.807, 2.05) is 24.3 Å². The molecule has 1 fully saturated rings. The molecule has 3 rings (SSSR count). The molecule has 0 N–H and O–H groups in total. The number of rotatable bonds is 3. The maximum absolute atomic E-state index is 13.7. The summed E-state index contributed by atoms with van der Waals surface area (Å²) in [6, 6.07) is 12.6. The summed E-state index contributed by atoms with van der Waals surface area (Å²) < 4.78 is 18.8. The van der Waals surface area contributed by atoms with E-state index in [-0.39, 0.29) is 11.7 Å². The first-order chi connectivity index (χ1) is 11.6. The molecule has 126 valence electrons. The van der Waals surface area contributed by atoms with Gasteiger partial charge in [0.2, 0.25) is 0 Å². The fourth-order valence-electron chi connectivity index (χ4n) is 2.87. The van der Waals surface area contributed by atoms with Crippen LogP contribution in [0.1, 0.15) is 15.9 Å². The quantitative estimate of drug-likeness (QED) is 0.868. The molecule has 1 amide bonds. The molecule has 0 radical (unpaired) electrons. The second kappa shape index (κ2) is 6.91. The Bertz CT molecular complexity index is 723. The molecular formula is C19H21FN2O2. The van der Waals surface area contributed by atoms with Crippen LogP contribution in [-0.4, -0.2) is 44.1 Å². The number of carbonyl (C=O) groups excluding carboxylic acids is 1. The lowest BCUT2D eigenvalue weighted by Crippen LogP contribution is -2.48. The second-order valence-electron chi connectivity index (χ2n) is 5.94. The Morgan fingerprint density at radius 2 is 1.71 bits per heavy atom. The zero-order valence-electron chi connectivity index (χ0n) is 14.0. The highest BCUT2D eigenvalue weighted by Crippen LogP contribution is 2.21. The van der Waals surface area contributed by atoms with Crippen LogP contribution in [0.3, 0.4) is 0 Å². The zero-order valence-corrected chi connectivity index (χ0v) is 14.0. The van der Waals surface area contributed by atoms with Gasteiger partial charge in [-0.25, -0.2) is 4.39 Å². The summed E-state index contributed by atoms with van der Waals surface area (Å²) in [6.45, 7) is 4.46. The number of hydrogen-bond acceptors (Lipinski definition) is 3. The highest BCUT2D eigenvalue weighted by molar-refractivity contribution is 5.94. The first kappa shape index (κ1) is 16.3. The SMILES string of the molecule is COc1ccc(N2CCN(C(=O)c3ccc(C)c(F)c3)CC2)cc1. The van der Waals surface area contributed by atoms with Crippen molar-refractivity contribution in [3.63, 3.8) is 0 Å². The molecule has 1 heterocycles. The Labute approximate surface area is 141 Å². The summed E-state index contributed by atoms with van der Waals surface area (Å²) >= 11 is 0. The minimum absolute atomic E-state index is 0.108. The third-order valence-electron chi connectivity index (χ3n) is 4.42. The van der Waals surface area contributed by atoms with Gasteiger partial charge in [0.1, 0.15) is 11.6 Å². The maximum Gasteiger partial charge on any atom is 0.254 e. The molecule has 0 aromatic heterocycles. The molecule has 24 heavy (non-hydrogen) atoms. The topological polar surface area (TPSA) is 32.8 Å². The fraction of sp³-hybridized carbons (Fsp3) is 0.316. The normalized spacial score (nSPS) is 14.6. The van der Waals surface area contributed by atoms with Crippen LogP contribution in [0, 0.1) is 12.7 Å². The number of hydrogen-bond donors (Lipinski definition) is 0. The van der Waals surface area contributed by atoms with Gasteiger partial charge in [-0.1, -0.05) is 6.07 Å². The minimum Gasteiger partial charge on any atom is -0.497 e. The summed E-state index contributed by atoms with van der Waals surface area (Å²) in [4.78, 5) is 16.5. The number of carbonyl (C=O) groups is 1. The van der Waals surface area contributed by atoms with Crippen LogP contribution in [0.5, 0.6) is 5.75 Å². The van der Waals surface area contributed by atoms with Gasteiger partial charge in [-0.15, -0.1) is 0 Å². The van der Waals surface area contributed by atoms with Gasteiger partial charge in [-0.05, 0) is 48.9 Å². The highest BCUT2D eigenvalue weighted by Gasteiger charge is 2.22.